The predicted molar refractivity (Wildman–Crippen MR) is 50.3 cm³/mol. The number of hydrogen-bond donors (Lipinski definition) is 1. The molecule has 1 rings (SSSR count). The molecule has 0 bridgehead atoms. The van der Waals surface area contributed by atoms with Gasteiger partial charge in [-0.1, -0.05) is 5.26 Å². The number of nitrogens with one attached hydrogen (secondary N) is 1. The van der Waals surface area contributed by atoms with E-state index in [1.165, 1.54) is 0 Å². The molecule has 14 heavy (non-hydrogen) atoms. The summed E-state index contributed by atoms with van der Waals surface area (Å²) >= 11 is 0. The van der Waals surface area contributed by atoms with Gasteiger partial charge in [0.15, 0.2) is 0 Å². The van der Waals surface area contributed by atoms with Crippen molar-refractivity contribution in [2.24, 2.45) is 0 Å². The van der Waals surface area contributed by atoms with Crippen molar-refractivity contribution < 1.29 is 5.26 Å². The van der Waals surface area contributed by atoms with Gasteiger partial charge < -0.3 is 5.41 Å². The number of pyridine rings is 1. The summed E-state index contributed by atoms with van der Waals surface area (Å²) in [5.41, 5.74) is 1.18. The first-order chi connectivity index (χ1) is 6.72. The zero-order valence-electron chi connectivity index (χ0n) is 7.50. The highest BCUT2D eigenvalue weighted by molar-refractivity contribution is 5.98. The highest BCUT2D eigenvalue weighted by Gasteiger charge is 2.09. The molecule has 1 heterocycles. The monoisotopic (exact) mass is 182 g/mol. The first-order valence-corrected chi connectivity index (χ1v) is 3.81. The maximum Gasteiger partial charge on any atom is 0.310 e. The fourth-order valence-electron chi connectivity index (χ4n) is 0.979. The molecule has 0 unspecified atom stereocenters. The minimum absolute atomic E-state index is 0.0940. The van der Waals surface area contributed by atoms with Crippen molar-refractivity contribution in [2.75, 3.05) is 0 Å². The van der Waals surface area contributed by atoms with E-state index in [9.17, 15) is 0 Å². The average molecular weight is 182 g/mol. The molecule has 0 spiro atoms. The van der Waals surface area contributed by atoms with Gasteiger partial charge in [0.2, 0.25) is 0 Å². The minimum atomic E-state index is -0.0940. The third-order valence-electron chi connectivity index (χ3n) is 1.63. The topological polar surface area (TPSA) is 82.8 Å². The van der Waals surface area contributed by atoms with Gasteiger partial charge in [0, 0.05) is 5.69 Å². The summed E-state index contributed by atoms with van der Waals surface area (Å²) in [7, 11) is 0. The Bertz CT molecular complexity index is 496. The Balaban J connectivity index is 3.49. The summed E-state index contributed by atoms with van der Waals surface area (Å²) < 4.78 is 0. The van der Waals surface area contributed by atoms with Gasteiger partial charge in [0.1, 0.15) is 17.3 Å². The lowest BCUT2D eigenvalue weighted by Crippen LogP contribution is -2.18. The van der Waals surface area contributed by atoms with Crippen LogP contribution in [0.4, 0.5) is 0 Å². The summed E-state index contributed by atoms with van der Waals surface area (Å²) in [6.45, 7) is 1.75. The number of aromatic nitrogens is 1. The van der Waals surface area contributed by atoms with Gasteiger partial charge in [0.05, 0.1) is 5.57 Å². The third-order valence-corrected chi connectivity index (χ3v) is 1.63. The molecule has 0 aromatic carbocycles. The van der Waals surface area contributed by atoms with Gasteiger partial charge in [-0.15, -0.1) is 0 Å². The van der Waals surface area contributed by atoms with Crippen molar-refractivity contribution in [3.63, 3.8) is 0 Å². The molecule has 0 amide bonds. The fraction of sp³-hybridized carbons (Fsp3) is 0.100. The van der Waals surface area contributed by atoms with E-state index in [1.807, 2.05) is 0 Å². The van der Waals surface area contributed by atoms with Crippen LogP contribution in [0.25, 0.3) is 11.0 Å². The van der Waals surface area contributed by atoms with E-state index in [0.29, 0.717) is 11.3 Å². The summed E-state index contributed by atoms with van der Waals surface area (Å²) in [4.78, 5) is 4.02. The van der Waals surface area contributed by atoms with E-state index in [2.05, 4.69) is 11.1 Å². The molecule has 0 saturated heterocycles. The van der Waals surface area contributed by atoms with Crippen LogP contribution in [-0.2, 0) is 0 Å². The van der Waals surface area contributed by atoms with Gasteiger partial charge in [-0.05, 0) is 19.1 Å². The first-order valence-electron chi connectivity index (χ1n) is 3.81. The molecule has 1 aromatic rings. The zero-order chi connectivity index (χ0) is 10.6. The summed E-state index contributed by atoms with van der Waals surface area (Å²) in [6.07, 6.45) is 0. The molecule has 0 radical (unpaired) electrons. The van der Waals surface area contributed by atoms with Crippen LogP contribution in [-0.4, -0.2) is 10.9 Å². The first kappa shape index (κ1) is 9.67. The third kappa shape index (κ3) is 1.67. The van der Waals surface area contributed by atoms with Crippen LogP contribution in [0.3, 0.4) is 0 Å². The van der Waals surface area contributed by atoms with Crippen molar-refractivity contribution >= 4 is 11.4 Å². The summed E-state index contributed by atoms with van der Waals surface area (Å²) in [5.74, 6) is 1.74. The second kappa shape index (κ2) is 4.00. The molecule has 0 fully saturated rings. The van der Waals surface area contributed by atoms with Crippen molar-refractivity contribution in [3.05, 3.63) is 34.5 Å². The molecule has 66 valence electrons. The Morgan fingerprint density at radius 2 is 2.29 bits per heavy atom. The molecule has 0 saturated carbocycles. The van der Waals surface area contributed by atoms with Crippen LogP contribution < -0.4 is 5.26 Å². The van der Waals surface area contributed by atoms with E-state index in [-0.39, 0.29) is 11.3 Å². The molecule has 1 aromatic heterocycles. The van der Waals surface area contributed by atoms with Crippen LogP contribution in [0, 0.1) is 24.3 Å². The Morgan fingerprint density at radius 3 is 2.79 bits per heavy atom. The van der Waals surface area contributed by atoms with Crippen LogP contribution >= 0.6 is 0 Å². The molecular formula is C10H6N4. The van der Waals surface area contributed by atoms with E-state index in [1.54, 1.807) is 31.0 Å². The van der Waals surface area contributed by atoms with Crippen molar-refractivity contribution in [3.8, 4) is 12.1 Å². The van der Waals surface area contributed by atoms with Crippen LogP contribution in [0.1, 0.15) is 17.0 Å². The maximum atomic E-state index is 8.65. The normalized spacial score (nSPS) is 8.21. The van der Waals surface area contributed by atoms with E-state index in [4.69, 9.17) is 15.9 Å². The van der Waals surface area contributed by atoms with Gasteiger partial charge in [-0.3, -0.25) is 4.98 Å². The second-order valence-corrected chi connectivity index (χ2v) is 2.57. The lowest BCUT2D eigenvalue weighted by atomic mass is 10.1. The van der Waals surface area contributed by atoms with Crippen LogP contribution in [0.2, 0.25) is 0 Å². The van der Waals surface area contributed by atoms with Crippen molar-refractivity contribution in [1.29, 1.82) is 5.26 Å². The Morgan fingerprint density at radius 1 is 1.57 bits per heavy atom. The van der Waals surface area contributed by atoms with E-state index >= 15 is 0 Å². The minimum Gasteiger partial charge on any atom is -0.762 e. The summed E-state index contributed by atoms with van der Waals surface area (Å²) in [6, 6.07) is 7.19. The van der Waals surface area contributed by atoms with Crippen LogP contribution in [0.15, 0.2) is 12.1 Å². The number of aryl methyl sites for hydroxylation is 1. The second-order valence-electron chi connectivity index (χ2n) is 2.57. The lowest BCUT2D eigenvalue weighted by molar-refractivity contribution is -0.0909. The smallest absolute Gasteiger partial charge is 0.310 e. The predicted octanol–water partition coefficient (Wildman–Crippen LogP) is -0.343. The number of allylic oxidation sites excluding steroid dienone is 1. The number of nitrogens with zero attached hydrogens (tertiary/aromatic N) is 3. The maximum absolute atomic E-state index is 8.65. The lowest BCUT2D eigenvalue weighted by Gasteiger charge is -1.99. The number of hydrogen-bond acceptors (Lipinski definition) is 2. The van der Waals surface area contributed by atoms with Crippen molar-refractivity contribution in [1.82, 2.24) is 4.98 Å². The molecule has 1 N–H and O–H groups in total. The highest BCUT2D eigenvalue weighted by atomic mass is 14.7. The molecular weight excluding hydrogens is 176 g/mol. The molecule has 0 aliphatic rings. The average Bonchev–Trinajstić information content (AvgIpc) is 2.20. The Hall–Kier alpha value is -2.42. The number of rotatable bonds is 1. The van der Waals surface area contributed by atoms with E-state index in [0.717, 1.165) is 0 Å². The molecule has 0 atom stereocenters. The van der Waals surface area contributed by atoms with Crippen LogP contribution in [0.5, 0.6) is 0 Å². The zero-order valence-corrected chi connectivity index (χ0v) is 7.50. The standard InChI is InChI=1S/C10H5N4/c1-7-2-3-8(4-11)10(14-7)9(5-12)6-13/h2-3H,1H3/q-1/p+1. The van der Waals surface area contributed by atoms with Gasteiger partial charge >= 0.3 is 6.07 Å². The molecule has 4 heteroatoms. The fourth-order valence-corrected chi connectivity index (χ4v) is 0.979. The Labute approximate surface area is 81.3 Å². The molecule has 0 aliphatic heterocycles. The van der Waals surface area contributed by atoms with Gasteiger partial charge in [0.25, 0.3) is 0 Å². The highest BCUT2D eigenvalue weighted by Crippen LogP contribution is 2.13. The van der Waals surface area contributed by atoms with Gasteiger partial charge in [-0.25, -0.2) is 5.87 Å². The van der Waals surface area contributed by atoms with E-state index < -0.39 is 0 Å². The SMILES string of the molecule is Cc1ccc(C#[NH+])c(C(=C=[N-])C#N)n1. The largest absolute Gasteiger partial charge is 0.762 e. The van der Waals surface area contributed by atoms with Crippen molar-refractivity contribution in [2.45, 2.75) is 6.92 Å². The van der Waals surface area contributed by atoms with Gasteiger partial charge in [-0.2, -0.15) is 5.26 Å². The number of nitriles is 1. The Kier molecular flexibility index (Phi) is 2.76. The summed E-state index contributed by atoms with van der Waals surface area (Å²) in [5, 5.41) is 24.3. The molecule has 0 aliphatic carbocycles. The molecule has 4 nitrogen and oxygen atoms in total. The quantitative estimate of drug-likeness (QED) is 0.476.